The third-order valence-corrected chi connectivity index (χ3v) is 14.3. The van der Waals surface area contributed by atoms with Gasteiger partial charge < -0.3 is 44.8 Å². The number of halogens is 2. The quantitative estimate of drug-likeness (QED) is 0.0506. The molecule has 2 unspecified atom stereocenters. The molecule has 29 heteroatoms. The number of aromatic nitrogens is 6. The minimum atomic E-state index is -5.24. The zero-order chi connectivity index (χ0) is 45.4. The summed E-state index contributed by atoms with van der Waals surface area (Å²) in [5.74, 6) is -0.672. The van der Waals surface area contributed by atoms with Gasteiger partial charge in [0, 0.05) is 24.6 Å². The summed E-state index contributed by atoms with van der Waals surface area (Å²) in [6.07, 6.45) is -11.1. The maximum absolute atomic E-state index is 16.4. The van der Waals surface area contributed by atoms with E-state index >= 15 is 8.78 Å². The molecule has 0 amide bonds. The molecule has 6 N–H and O–H groups in total. The molecular weight excluding hydrogens is 920 g/mol. The molecule has 350 valence electrons. The third-order valence-electron chi connectivity index (χ3n) is 9.63. The molecule has 4 aromatic rings. The van der Waals surface area contributed by atoms with Crippen molar-refractivity contribution in [3.63, 3.8) is 0 Å². The van der Waals surface area contributed by atoms with E-state index < -0.39 is 94.3 Å². The number of carbonyl (C=O) groups excluding carboxylic acids is 1. The number of alkyl halides is 2. The van der Waals surface area contributed by atoms with Crippen LogP contribution in [0.15, 0.2) is 58.8 Å². The van der Waals surface area contributed by atoms with Gasteiger partial charge in [-0.3, -0.25) is 37.0 Å². The van der Waals surface area contributed by atoms with Crippen molar-refractivity contribution in [2.45, 2.75) is 61.4 Å². The highest BCUT2D eigenvalue weighted by molar-refractivity contribution is 8.54. The van der Waals surface area contributed by atoms with Gasteiger partial charge in [0.1, 0.15) is 48.6 Å². The van der Waals surface area contributed by atoms with E-state index in [-0.39, 0.29) is 48.3 Å². The van der Waals surface area contributed by atoms with Crippen molar-refractivity contribution in [1.82, 2.24) is 29.1 Å². The molecule has 0 aliphatic carbocycles. The summed E-state index contributed by atoms with van der Waals surface area (Å²) in [6.45, 7) is -4.56. The molecule has 1 aromatic carbocycles. The van der Waals surface area contributed by atoms with Gasteiger partial charge in [0.25, 0.3) is 5.56 Å². The predicted molar refractivity (Wildman–Crippen MR) is 217 cm³/mol. The maximum Gasteiger partial charge on any atom is 0.472 e. The molecule has 0 bridgehead atoms. The second-order valence-corrected chi connectivity index (χ2v) is 19.5. The average molecular weight is 965 g/mol. The van der Waals surface area contributed by atoms with Gasteiger partial charge in [-0.05, 0) is 42.0 Å². The van der Waals surface area contributed by atoms with Crippen LogP contribution in [0.1, 0.15) is 24.4 Å². The Morgan fingerprint density at radius 1 is 0.891 bits per heavy atom. The van der Waals surface area contributed by atoms with Crippen molar-refractivity contribution in [2.24, 2.45) is 5.73 Å². The van der Waals surface area contributed by atoms with E-state index in [1.54, 1.807) is 12.1 Å². The van der Waals surface area contributed by atoms with E-state index in [4.69, 9.17) is 58.0 Å². The fraction of sp³-hybridized carbons (Fsp3) is 0.543. The molecule has 24 nitrogen and oxygen atoms in total. The van der Waals surface area contributed by atoms with Crippen molar-refractivity contribution in [3.05, 3.63) is 75.6 Å². The number of hydrogen-bond acceptors (Lipinski definition) is 21. The Bertz CT molecular complexity index is 2440. The number of ether oxygens (including phenoxy) is 6. The van der Waals surface area contributed by atoms with Gasteiger partial charge in [-0.15, -0.1) is 0 Å². The number of carbonyl (C=O) groups is 1. The molecule has 7 rings (SSSR count). The fourth-order valence-electron chi connectivity index (χ4n) is 6.55. The van der Waals surface area contributed by atoms with E-state index in [9.17, 15) is 28.4 Å². The number of nitrogen functional groups attached to an aromatic ring is 1. The number of phosphoric ester groups is 1. The van der Waals surface area contributed by atoms with E-state index in [0.717, 1.165) is 35.9 Å². The number of esters is 1. The number of phosphoric acid groups is 1. The van der Waals surface area contributed by atoms with Crippen LogP contribution in [0.4, 0.5) is 14.6 Å². The lowest BCUT2D eigenvalue weighted by Gasteiger charge is -2.29. The molecule has 6 heterocycles. The Hall–Kier alpha value is -4.05. The highest BCUT2D eigenvalue weighted by atomic mass is 32.7. The van der Waals surface area contributed by atoms with Crippen LogP contribution in [-0.2, 0) is 61.5 Å². The predicted octanol–water partition coefficient (Wildman–Crippen LogP) is 1.69. The summed E-state index contributed by atoms with van der Waals surface area (Å²) in [6, 6.07) is 6.94. The van der Waals surface area contributed by atoms with Gasteiger partial charge in [0.2, 0.25) is 0 Å². The number of rotatable bonds is 17. The van der Waals surface area contributed by atoms with Gasteiger partial charge in [-0.25, -0.2) is 42.5 Å². The second kappa shape index (κ2) is 21.5. The number of nitrogens with one attached hydrogen (secondary N) is 1. The van der Waals surface area contributed by atoms with Crippen LogP contribution in [0.2, 0.25) is 0 Å². The van der Waals surface area contributed by atoms with Gasteiger partial charge in [0.05, 0.1) is 46.0 Å². The maximum atomic E-state index is 16.4. The number of nitrogens with two attached hydrogens (primary N) is 2. The second-order valence-electron chi connectivity index (χ2n) is 14.1. The van der Waals surface area contributed by atoms with Gasteiger partial charge >= 0.3 is 26.3 Å². The Labute approximate surface area is 365 Å². The van der Waals surface area contributed by atoms with Crippen LogP contribution in [0.3, 0.4) is 0 Å². The molecule has 64 heavy (non-hydrogen) atoms. The minimum Gasteiger partial charge on any atom is -0.425 e. The van der Waals surface area contributed by atoms with Crippen molar-refractivity contribution in [1.29, 1.82) is 0 Å². The van der Waals surface area contributed by atoms with Crippen LogP contribution >= 0.6 is 26.0 Å². The molecule has 3 aromatic heterocycles. The zero-order valence-electron chi connectivity index (χ0n) is 33.5. The number of fused-ring (bicyclic) bond motifs is 3. The summed E-state index contributed by atoms with van der Waals surface area (Å²) >= 11 is 0.576. The van der Waals surface area contributed by atoms with Gasteiger partial charge in [0.15, 0.2) is 36.3 Å². The van der Waals surface area contributed by atoms with Crippen molar-refractivity contribution < 1.29 is 74.1 Å². The van der Waals surface area contributed by atoms with E-state index in [1.807, 2.05) is 4.98 Å². The summed E-state index contributed by atoms with van der Waals surface area (Å²) in [5, 5.41) is 0. The first-order valence-corrected chi connectivity index (χ1v) is 24.2. The number of H-pyrrole nitrogens is 1. The summed E-state index contributed by atoms with van der Waals surface area (Å²) in [4.78, 5) is 61.5. The summed E-state index contributed by atoms with van der Waals surface area (Å²) in [5.41, 5.74) is 10.1. The molecule has 10 atom stereocenters. The molecule has 0 radical (unpaired) electrons. The molecule has 0 spiro atoms. The van der Waals surface area contributed by atoms with Crippen LogP contribution in [0.25, 0.3) is 11.2 Å². The highest BCUT2D eigenvalue weighted by Crippen LogP contribution is 2.65. The minimum absolute atomic E-state index is 0.0200. The first-order chi connectivity index (χ1) is 30.7. The van der Waals surface area contributed by atoms with Crippen molar-refractivity contribution in [2.75, 3.05) is 65.1 Å². The van der Waals surface area contributed by atoms with E-state index in [2.05, 4.69) is 15.0 Å². The Morgan fingerprint density at radius 3 is 2.25 bits per heavy atom. The topological polar surface area (TPSA) is 314 Å². The van der Waals surface area contributed by atoms with Crippen LogP contribution in [0, 0.1) is 0 Å². The highest BCUT2D eigenvalue weighted by Gasteiger charge is 2.55. The first kappa shape index (κ1) is 47.9. The van der Waals surface area contributed by atoms with Crippen LogP contribution < -0.4 is 27.5 Å². The lowest BCUT2D eigenvalue weighted by atomic mass is 10.1. The number of aromatic amines is 1. The standard InChI is InChI=1S/C35H44F2N8O16P2S/c36-26-29-23(59-34(26)45-19-42-28-31(39)40-18-41-32(28)45)15-56-63(51,61-30-22(14-55-62(49,50)60-29)58-33(27(30)37)44-8-6-24(46)43-35(44)48)64-17-20-2-4-21(5-3-20)57-25(47)16-54-13-12-53-11-10-52-9-1-7-38/h2-6,8,18-19,22-23,26-27,29-30,33-34H,1,7,9-17,38H2,(H,49,50)(H2,39,40,41)(H,43,46,48)/t22-,23-,26-,27-,29-,30-,33-,34-,63?/m1/s1. The van der Waals surface area contributed by atoms with Crippen LogP contribution in [-0.4, -0.2) is 136 Å². The third kappa shape index (κ3) is 11.8. The molecule has 3 fully saturated rings. The number of anilines is 1. The fourth-order valence-corrected chi connectivity index (χ4v) is 10.9. The van der Waals surface area contributed by atoms with E-state index in [0.29, 0.717) is 47.9 Å². The van der Waals surface area contributed by atoms with Crippen molar-refractivity contribution >= 4 is 49.0 Å². The lowest BCUT2D eigenvalue weighted by Crippen LogP contribution is -2.38. The number of benzene rings is 1. The van der Waals surface area contributed by atoms with E-state index in [1.165, 1.54) is 12.1 Å². The Morgan fingerprint density at radius 2 is 1.55 bits per heavy atom. The largest absolute Gasteiger partial charge is 0.472 e. The SMILES string of the molecule is NCCCOCCOCCOCC(=O)Oc1ccc(CSP2(=O)OC[C@H]3O[C@@H](n4cnc5c(N)ncnc54)[C@H](F)[C@@H]3OP(=O)(O)OC[C@H]3O[C@@H](n4ccc(=O)[nH]c4=O)[C@H](F)[C@@H]3O2)cc1. The number of hydrogen-bond donors (Lipinski definition) is 4. The molecular formula is C35H44F2N8O16P2S. The summed E-state index contributed by atoms with van der Waals surface area (Å²) in [7, 11) is -5.24. The smallest absolute Gasteiger partial charge is 0.425 e. The van der Waals surface area contributed by atoms with Gasteiger partial charge in [-0.1, -0.05) is 12.1 Å². The zero-order valence-corrected chi connectivity index (χ0v) is 36.1. The lowest BCUT2D eigenvalue weighted by molar-refractivity contribution is -0.140. The molecule has 0 saturated carbocycles. The van der Waals surface area contributed by atoms with Crippen LogP contribution in [0.5, 0.6) is 5.75 Å². The average Bonchev–Trinajstić information content (AvgIpc) is 3.92. The molecule has 3 aliphatic heterocycles. The monoisotopic (exact) mass is 964 g/mol. The Kier molecular flexibility index (Phi) is 16.1. The molecule has 3 aliphatic rings. The Balaban J connectivity index is 1.05. The van der Waals surface area contributed by atoms with Crippen molar-refractivity contribution in [3.8, 4) is 5.75 Å². The summed E-state index contributed by atoms with van der Waals surface area (Å²) < 4.78 is 118. The first-order valence-electron chi connectivity index (χ1n) is 19.5. The normalized spacial score (nSPS) is 29.8. The molecule has 3 saturated heterocycles. The number of nitrogens with zero attached hydrogens (tertiary/aromatic N) is 5. The number of imidazole rings is 1. The van der Waals surface area contributed by atoms with Gasteiger partial charge in [-0.2, -0.15) is 0 Å².